The van der Waals surface area contributed by atoms with Crippen molar-refractivity contribution < 1.29 is 14.0 Å². The first kappa shape index (κ1) is 12.1. The van der Waals surface area contributed by atoms with Crippen LogP contribution in [0.3, 0.4) is 0 Å². The maximum Gasteiger partial charge on any atom is 0.359 e. The molecule has 88 valence electrons. The average Bonchev–Trinajstić information content (AvgIpc) is 2.39. The Morgan fingerprint density at radius 2 is 1.47 bits per heavy atom. The second-order valence-corrected chi connectivity index (χ2v) is 5.43. The summed E-state index contributed by atoms with van der Waals surface area (Å²) in [5.74, 6) is 0. The molecule has 1 unspecified atom stereocenters. The molecule has 0 heterocycles. The zero-order chi connectivity index (χ0) is 12.1. The third kappa shape index (κ3) is 3.27. The van der Waals surface area contributed by atoms with Crippen LogP contribution >= 0.6 is 7.60 Å². The van der Waals surface area contributed by atoms with E-state index < -0.39 is 7.60 Å². The van der Waals surface area contributed by atoms with E-state index in [1.54, 1.807) is 30.3 Å². The van der Waals surface area contributed by atoms with E-state index >= 15 is 0 Å². The summed E-state index contributed by atoms with van der Waals surface area (Å²) in [6, 6.07) is 17.7. The number of hydrogen-bond acceptors (Lipinski definition) is 2. The second kappa shape index (κ2) is 5.28. The molecule has 17 heavy (non-hydrogen) atoms. The molecule has 1 atom stereocenters. The van der Waals surface area contributed by atoms with Gasteiger partial charge in [-0.3, -0.25) is 4.57 Å². The van der Waals surface area contributed by atoms with Gasteiger partial charge in [-0.1, -0.05) is 48.5 Å². The molecule has 1 N–H and O–H groups in total. The summed E-state index contributed by atoms with van der Waals surface area (Å²) in [5.41, 5.74) is 0.873. The van der Waals surface area contributed by atoms with Crippen molar-refractivity contribution in [2.45, 2.75) is 6.61 Å². The van der Waals surface area contributed by atoms with Gasteiger partial charge in [0.15, 0.2) is 0 Å². The van der Waals surface area contributed by atoms with Crippen LogP contribution in [0.5, 0.6) is 0 Å². The predicted octanol–water partition coefficient (Wildman–Crippen LogP) is 2.71. The molecule has 0 radical (unpaired) electrons. The molecule has 0 aliphatic rings. The zero-order valence-corrected chi connectivity index (χ0v) is 10.1. The number of rotatable bonds is 4. The van der Waals surface area contributed by atoms with Gasteiger partial charge in [-0.2, -0.15) is 0 Å². The largest absolute Gasteiger partial charge is 0.359 e. The highest BCUT2D eigenvalue weighted by molar-refractivity contribution is 7.61. The molecular formula is C13H13O3P. The van der Waals surface area contributed by atoms with Crippen LogP contribution in [0.2, 0.25) is 0 Å². The fraction of sp³-hybridized carbons (Fsp3) is 0.0769. The summed E-state index contributed by atoms with van der Waals surface area (Å²) in [6.45, 7) is 0.128. The summed E-state index contributed by atoms with van der Waals surface area (Å²) in [7, 11) is -3.71. The fourth-order valence-electron chi connectivity index (χ4n) is 1.43. The second-order valence-electron chi connectivity index (χ2n) is 3.61. The third-order valence-electron chi connectivity index (χ3n) is 2.33. The fourth-order valence-corrected chi connectivity index (χ4v) is 2.45. The summed E-state index contributed by atoms with van der Waals surface area (Å²) in [4.78, 5) is 9.78. The van der Waals surface area contributed by atoms with E-state index in [0.717, 1.165) is 5.56 Å². The van der Waals surface area contributed by atoms with Gasteiger partial charge < -0.3 is 9.42 Å². The highest BCUT2D eigenvalue weighted by Crippen LogP contribution is 2.41. The van der Waals surface area contributed by atoms with Crippen molar-refractivity contribution in [1.29, 1.82) is 0 Å². The minimum Gasteiger partial charge on any atom is -0.321 e. The lowest BCUT2D eigenvalue weighted by Gasteiger charge is -2.12. The molecule has 2 rings (SSSR count). The Morgan fingerprint density at radius 3 is 2.06 bits per heavy atom. The molecule has 0 aliphatic heterocycles. The van der Waals surface area contributed by atoms with Gasteiger partial charge in [0, 0.05) is 0 Å². The molecule has 0 fully saturated rings. The SMILES string of the molecule is O=P(O)(OCc1ccccc1)c1ccccc1. The van der Waals surface area contributed by atoms with Crippen molar-refractivity contribution in [2.75, 3.05) is 0 Å². The topological polar surface area (TPSA) is 46.5 Å². The maximum atomic E-state index is 11.9. The minimum absolute atomic E-state index is 0.128. The van der Waals surface area contributed by atoms with Crippen molar-refractivity contribution in [3.8, 4) is 0 Å². The smallest absolute Gasteiger partial charge is 0.321 e. The highest BCUT2D eigenvalue weighted by Gasteiger charge is 2.21. The number of benzene rings is 2. The van der Waals surface area contributed by atoms with Crippen LogP contribution in [0, 0.1) is 0 Å². The van der Waals surface area contributed by atoms with Gasteiger partial charge in [-0.15, -0.1) is 0 Å². The van der Waals surface area contributed by atoms with E-state index in [1.165, 1.54) is 0 Å². The third-order valence-corrected chi connectivity index (χ3v) is 3.76. The Balaban J connectivity index is 2.06. The maximum absolute atomic E-state index is 11.9. The van der Waals surface area contributed by atoms with Gasteiger partial charge in [0.2, 0.25) is 0 Å². The molecule has 0 saturated heterocycles. The summed E-state index contributed by atoms with van der Waals surface area (Å²) >= 11 is 0. The van der Waals surface area contributed by atoms with Gasteiger partial charge in [0.1, 0.15) is 0 Å². The van der Waals surface area contributed by atoms with E-state index in [2.05, 4.69) is 0 Å². The Bertz CT molecular complexity index is 511. The molecule has 2 aromatic carbocycles. The Morgan fingerprint density at radius 1 is 0.941 bits per heavy atom. The molecular weight excluding hydrogens is 235 g/mol. The van der Waals surface area contributed by atoms with Crippen molar-refractivity contribution in [2.24, 2.45) is 0 Å². The van der Waals surface area contributed by atoms with Crippen LogP contribution in [0.4, 0.5) is 0 Å². The van der Waals surface area contributed by atoms with Crippen LogP contribution in [-0.2, 0) is 15.7 Å². The quantitative estimate of drug-likeness (QED) is 0.846. The number of hydrogen-bond donors (Lipinski definition) is 1. The van der Waals surface area contributed by atoms with E-state index in [-0.39, 0.29) is 6.61 Å². The van der Waals surface area contributed by atoms with Crippen LogP contribution < -0.4 is 5.30 Å². The monoisotopic (exact) mass is 248 g/mol. The van der Waals surface area contributed by atoms with Gasteiger partial charge in [0.05, 0.1) is 11.9 Å². The van der Waals surface area contributed by atoms with Gasteiger partial charge in [0.25, 0.3) is 0 Å². The Kier molecular flexibility index (Phi) is 3.75. The normalized spacial score (nSPS) is 14.2. The first-order valence-corrected chi connectivity index (χ1v) is 6.83. The van der Waals surface area contributed by atoms with E-state index in [0.29, 0.717) is 5.30 Å². The minimum atomic E-state index is -3.71. The lowest BCUT2D eigenvalue weighted by Crippen LogP contribution is -2.06. The van der Waals surface area contributed by atoms with Crippen LogP contribution in [-0.4, -0.2) is 4.89 Å². The van der Waals surface area contributed by atoms with Crippen molar-refractivity contribution in [3.63, 3.8) is 0 Å². The van der Waals surface area contributed by atoms with Gasteiger partial charge in [-0.25, -0.2) is 0 Å². The van der Waals surface area contributed by atoms with Crippen molar-refractivity contribution >= 4 is 12.9 Å². The lowest BCUT2D eigenvalue weighted by molar-refractivity contribution is 0.259. The lowest BCUT2D eigenvalue weighted by atomic mass is 10.2. The van der Waals surface area contributed by atoms with Crippen LogP contribution in [0.1, 0.15) is 5.56 Å². The summed E-state index contributed by atoms with van der Waals surface area (Å²) in [5, 5.41) is 0.316. The Hall–Kier alpha value is -1.41. The highest BCUT2D eigenvalue weighted by atomic mass is 31.2. The molecule has 0 aliphatic carbocycles. The average molecular weight is 248 g/mol. The molecule has 0 spiro atoms. The first-order chi connectivity index (χ1) is 8.18. The molecule has 3 nitrogen and oxygen atoms in total. The zero-order valence-electron chi connectivity index (χ0n) is 9.19. The standard InChI is InChI=1S/C13H13O3P/c14-17(15,13-9-5-2-6-10-13)16-11-12-7-3-1-4-8-12/h1-10H,11H2,(H,14,15). The van der Waals surface area contributed by atoms with Crippen LogP contribution in [0.25, 0.3) is 0 Å². The van der Waals surface area contributed by atoms with Gasteiger partial charge in [-0.05, 0) is 17.7 Å². The molecule has 0 bridgehead atoms. The Labute approximate surface area is 100 Å². The van der Waals surface area contributed by atoms with E-state index in [1.807, 2.05) is 30.3 Å². The summed E-state index contributed by atoms with van der Waals surface area (Å²) < 4.78 is 17.0. The molecule has 0 saturated carbocycles. The summed E-state index contributed by atoms with van der Waals surface area (Å²) in [6.07, 6.45) is 0. The first-order valence-electron chi connectivity index (χ1n) is 5.25. The molecule has 2 aromatic rings. The van der Waals surface area contributed by atoms with Gasteiger partial charge >= 0.3 is 7.60 Å². The van der Waals surface area contributed by atoms with Crippen LogP contribution in [0.15, 0.2) is 60.7 Å². The van der Waals surface area contributed by atoms with Crippen molar-refractivity contribution in [3.05, 3.63) is 66.2 Å². The molecule has 4 heteroatoms. The molecule has 0 aromatic heterocycles. The predicted molar refractivity (Wildman–Crippen MR) is 67.1 cm³/mol. The molecule has 0 amide bonds. The van der Waals surface area contributed by atoms with E-state index in [9.17, 15) is 9.46 Å². The van der Waals surface area contributed by atoms with E-state index in [4.69, 9.17) is 4.52 Å². The van der Waals surface area contributed by atoms with Crippen molar-refractivity contribution in [1.82, 2.24) is 0 Å².